The van der Waals surface area contributed by atoms with Crippen molar-refractivity contribution in [1.29, 1.82) is 0 Å². The highest BCUT2D eigenvalue weighted by molar-refractivity contribution is 5.90. The summed E-state index contributed by atoms with van der Waals surface area (Å²) in [7, 11) is 1.68. The fourth-order valence-corrected chi connectivity index (χ4v) is 3.70. The summed E-state index contributed by atoms with van der Waals surface area (Å²) in [4.78, 5) is 38.9. The first kappa shape index (κ1) is 24.2. The van der Waals surface area contributed by atoms with E-state index in [-0.39, 0.29) is 35.3 Å². The van der Waals surface area contributed by atoms with Crippen LogP contribution in [0.1, 0.15) is 73.6 Å². The molecule has 1 rings (SSSR count). The molecule has 0 aromatic carbocycles. The van der Waals surface area contributed by atoms with Crippen molar-refractivity contribution in [3.63, 3.8) is 0 Å². The Balaban J connectivity index is 3.05. The molecular formula is C22H38N2O4. The molecule has 2 atom stereocenters. The van der Waals surface area contributed by atoms with Crippen molar-refractivity contribution in [3.8, 4) is 0 Å². The zero-order valence-electron chi connectivity index (χ0n) is 18.5. The maximum atomic E-state index is 13.3. The lowest BCUT2D eigenvalue weighted by molar-refractivity contribution is -0.141. The minimum Gasteiger partial charge on any atom is -0.478 e. The number of amides is 2. The average molecular weight is 395 g/mol. The number of carbonyl (C=O) groups excluding carboxylic acids is 2. The molecule has 6 heteroatoms. The number of carboxylic acids is 1. The first-order valence-electron chi connectivity index (χ1n) is 10.3. The number of aliphatic carboxylic acids is 1. The highest BCUT2D eigenvalue weighted by Gasteiger charge is 2.38. The van der Waals surface area contributed by atoms with E-state index in [4.69, 9.17) is 0 Å². The van der Waals surface area contributed by atoms with E-state index in [2.05, 4.69) is 5.32 Å². The minimum atomic E-state index is -0.996. The molecule has 0 spiro atoms. The normalized spacial score (nSPS) is 18.5. The van der Waals surface area contributed by atoms with Gasteiger partial charge in [0.1, 0.15) is 6.04 Å². The van der Waals surface area contributed by atoms with Crippen molar-refractivity contribution in [3.05, 3.63) is 11.6 Å². The van der Waals surface area contributed by atoms with Gasteiger partial charge in [0, 0.05) is 18.5 Å². The van der Waals surface area contributed by atoms with E-state index in [1.807, 2.05) is 34.6 Å². The lowest BCUT2D eigenvalue weighted by atomic mass is 9.83. The summed E-state index contributed by atoms with van der Waals surface area (Å²) in [6.07, 6.45) is 6.65. The SMILES string of the molecule is C/C(=C\[C@H](C(C)C)N(C)C(=O)C(NC(=O)C1CCCCC1)C(C)(C)C)C(=O)O. The van der Waals surface area contributed by atoms with E-state index in [9.17, 15) is 19.5 Å². The van der Waals surface area contributed by atoms with E-state index in [0.717, 1.165) is 25.7 Å². The van der Waals surface area contributed by atoms with E-state index < -0.39 is 17.4 Å². The van der Waals surface area contributed by atoms with Crippen LogP contribution < -0.4 is 5.32 Å². The number of carbonyl (C=O) groups is 3. The molecule has 0 aromatic heterocycles. The minimum absolute atomic E-state index is 0.0215. The van der Waals surface area contributed by atoms with Gasteiger partial charge < -0.3 is 15.3 Å². The van der Waals surface area contributed by atoms with Crippen molar-refractivity contribution >= 4 is 17.8 Å². The van der Waals surface area contributed by atoms with Gasteiger partial charge in [-0.3, -0.25) is 9.59 Å². The summed E-state index contributed by atoms with van der Waals surface area (Å²) in [6.45, 7) is 11.2. The Labute approximate surface area is 169 Å². The van der Waals surface area contributed by atoms with Gasteiger partial charge in [-0.15, -0.1) is 0 Å². The molecular weight excluding hydrogens is 356 g/mol. The maximum Gasteiger partial charge on any atom is 0.331 e. The zero-order chi connectivity index (χ0) is 21.6. The monoisotopic (exact) mass is 394 g/mol. The molecule has 0 heterocycles. The fraction of sp³-hybridized carbons (Fsp3) is 0.773. The molecule has 0 aliphatic heterocycles. The van der Waals surface area contributed by atoms with Crippen molar-refractivity contribution in [2.24, 2.45) is 17.3 Å². The molecule has 160 valence electrons. The summed E-state index contributed by atoms with van der Waals surface area (Å²) >= 11 is 0. The Morgan fingerprint density at radius 2 is 1.64 bits per heavy atom. The van der Waals surface area contributed by atoms with Crippen LogP contribution in [-0.2, 0) is 14.4 Å². The summed E-state index contributed by atoms with van der Waals surface area (Å²) in [5, 5.41) is 12.2. The Kier molecular flexibility index (Phi) is 8.71. The third-order valence-electron chi connectivity index (χ3n) is 5.61. The van der Waals surface area contributed by atoms with Crippen LogP contribution in [0.25, 0.3) is 0 Å². The molecule has 6 nitrogen and oxygen atoms in total. The lowest BCUT2D eigenvalue weighted by Crippen LogP contribution is -2.57. The van der Waals surface area contributed by atoms with Crippen LogP contribution in [0.5, 0.6) is 0 Å². The topological polar surface area (TPSA) is 86.7 Å². The maximum absolute atomic E-state index is 13.3. The van der Waals surface area contributed by atoms with Crippen LogP contribution in [-0.4, -0.2) is 46.9 Å². The number of likely N-dealkylation sites (N-methyl/N-ethyl adjacent to an activating group) is 1. The molecule has 0 bridgehead atoms. The van der Waals surface area contributed by atoms with Gasteiger partial charge in [0.05, 0.1) is 6.04 Å². The molecule has 1 aliphatic rings. The predicted molar refractivity (Wildman–Crippen MR) is 111 cm³/mol. The van der Waals surface area contributed by atoms with E-state index in [1.54, 1.807) is 18.0 Å². The molecule has 1 unspecified atom stereocenters. The van der Waals surface area contributed by atoms with Crippen LogP contribution in [0.15, 0.2) is 11.6 Å². The summed E-state index contributed by atoms with van der Waals surface area (Å²) < 4.78 is 0. The lowest BCUT2D eigenvalue weighted by Gasteiger charge is -2.38. The van der Waals surface area contributed by atoms with Gasteiger partial charge in [-0.05, 0) is 31.1 Å². The van der Waals surface area contributed by atoms with Gasteiger partial charge >= 0.3 is 5.97 Å². The van der Waals surface area contributed by atoms with E-state index >= 15 is 0 Å². The van der Waals surface area contributed by atoms with Gasteiger partial charge in [0.15, 0.2) is 0 Å². The fourth-order valence-electron chi connectivity index (χ4n) is 3.70. The van der Waals surface area contributed by atoms with Gasteiger partial charge in [-0.1, -0.05) is 60.0 Å². The third-order valence-corrected chi connectivity index (χ3v) is 5.61. The first-order chi connectivity index (χ1) is 12.9. The van der Waals surface area contributed by atoms with Gasteiger partial charge in [-0.25, -0.2) is 4.79 Å². The number of nitrogens with zero attached hydrogens (tertiary/aromatic N) is 1. The van der Waals surface area contributed by atoms with Crippen LogP contribution in [0.3, 0.4) is 0 Å². The van der Waals surface area contributed by atoms with Crippen molar-refractivity contribution in [2.75, 3.05) is 7.05 Å². The van der Waals surface area contributed by atoms with Gasteiger partial charge in [0.2, 0.25) is 11.8 Å². The first-order valence-corrected chi connectivity index (χ1v) is 10.3. The van der Waals surface area contributed by atoms with Crippen LogP contribution in [0.2, 0.25) is 0 Å². The molecule has 28 heavy (non-hydrogen) atoms. The van der Waals surface area contributed by atoms with Crippen molar-refractivity contribution < 1.29 is 19.5 Å². The number of hydrogen-bond acceptors (Lipinski definition) is 3. The van der Waals surface area contributed by atoms with Crippen molar-refractivity contribution in [2.45, 2.75) is 85.7 Å². The molecule has 1 fully saturated rings. The van der Waals surface area contributed by atoms with Crippen LogP contribution >= 0.6 is 0 Å². The molecule has 0 radical (unpaired) electrons. The van der Waals surface area contributed by atoms with Crippen LogP contribution in [0, 0.1) is 17.3 Å². The molecule has 2 amide bonds. The smallest absolute Gasteiger partial charge is 0.331 e. The number of carboxylic acid groups (broad SMARTS) is 1. The summed E-state index contributed by atoms with van der Waals surface area (Å²) in [5.41, 5.74) is -0.250. The molecule has 1 aliphatic carbocycles. The molecule has 0 saturated heterocycles. The second-order valence-corrected chi connectivity index (χ2v) is 9.48. The molecule has 0 aromatic rings. The van der Waals surface area contributed by atoms with Crippen molar-refractivity contribution in [1.82, 2.24) is 10.2 Å². The van der Waals surface area contributed by atoms with E-state index in [0.29, 0.717) is 0 Å². The Bertz CT molecular complexity index is 598. The van der Waals surface area contributed by atoms with Crippen LogP contribution in [0.4, 0.5) is 0 Å². The van der Waals surface area contributed by atoms with E-state index in [1.165, 1.54) is 13.3 Å². The second-order valence-electron chi connectivity index (χ2n) is 9.48. The standard InChI is InChI=1S/C22H38N2O4/c1-14(2)17(13-15(3)21(27)28)24(7)20(26)18(22(4,5)6)23-19(25)16-11-9-8-10-12-16/h13-14,16-18H,8-12H2,1-7H3,(H,23,25)(H,27,28)/b15-13+/t17-,18?/m1/s1. The Hall–Kier alpha value is -1.85. The highest BCUT2D eigenvalue weighted by atomic mass is 16.4. The average Bonchev–Trinajstić information content (AvgIpc) is 2.61. The quantitative estimate of drug-likeness (QED) is 0.646. The number of nitrogens with one attached hydrogen (secondary N) is 1. The second kappa shape index (κ2) is 10.1. The van der Waals surface area contributed by atoms with Gasteiger partial charge in [-0.2, -0.15) is 0 Å². The Morgan fingerprint density at radius 1 is 1.11 bits per heavy atom. The zero-order valence-corrected chi connectivity index (χ0v) is 18.5. The summed E-state index contributed by atoms with van der Waals surface area (Å²) in [6, 6.07) is -1.02. The molecule has 1 saturated carbocycles. The molecule has 2 N–H and O–H groups in total. The number of rotatable bonds is 7. The number of hydrogen-bond donors (Lipinski definition) is 2. The third kappa shape index (κ3) is 6.64. The van der Waals surface area contributed by atoms with Gasteiger partial charge in [0.25, 0.3) is 0 Å². The predicted octanol–water partition coefficient (Wildman–Crippen LogP) is 3.61. The summed E-state index contributed by atoms with van der Waals surface area (Å²) in [5.74, 6) is -1.21. The highest BCUT2D eigenvalue weighted by Crippen LogP contribution is 2.27. The Morgan fingerprint density at radius 3 is 2.07 bits per heavy atom. The largest absolute Gasteiger partial charge is 0.478 e.